The third-order valence-electron chi connectivity index (χ3n) is 3.13. The lowest BCUT2D eigenvalue weighted by Crippen LogP contribution is -2.12. The molecular formula is C15H13N3O2S. The highest BCUT2D eigenvalue weighted by Gasteiger charge is 2.15. The smallest absolute Gasteiger partial charge is 0.259 e. The van der Waals surface area contributed by atoms with Crippen molar-refractivity contribution in [2.24, 2.45) is 0 Å². The van der Waals surface area contributed by atoms with E-state index in [9.17, 15) is 9.90 Å². The van der Waals surface area contributed by atoms with E-state index < -0.39 is 0 Å². The minimum Gasteiger partial charge on any atom is -0.508 e. The van der Waals surface area contributed by atoms with Crippen molar-refractivity contribution in [1.82, 2.24) is 9.97 Å². The molecule has 0 aromatic carbocycles. The van der Waals surface area contributed by atoms with Crippen molar-refractivity contribution in [2.45, 2.75) is 12.3 Å². The summed E-state index contributed by atoms with van der Waals surface area (Å²) < 4.78 is 0. The van der Waals surface area contributed by atoms with Gasteiger partial charge in [-0.05, 0) is 30.7 Å². The first-order valence-electron chi connectivity index (χ1n) is 6.46. The number of rotatable bonds is 3. The molecule has 0 aliphatic heterocycles. The Labute approximate surface area is 125 Å². The molecule has 2 aromatic rings. The SMILES string of the molecule is O=C(Nc1nc(C2C=CC(O)=CC2)cs1)c1cccnc1. The molecule has 21 heavy (non-hydrogen) atoms. The second kappa shape index (κ2) is 5.88. The molecule has 106 valence electrons. The molecule has 0 fully saturated rings. The number of carbonyl (C=O) groups is 1. The van der Waals surface area contributed by atoms with Gasteiger partial charge in [-0.3, -0.25) is 15.1 Å². The van der Waals surface area contributed by atoms with Gasteiger partial charge in [0, 0.05) is 23.7 Å². The van der Waals surface area contributed by atoms with E-state index in [1.807, 2.05) is 11.5 Å². The summed E-state index contributed by atoms with van der Waals surface area (Å²) in [6.07, 6.45) is 9.19. The first kappa shape index (κ1) is 13.5. The van der Waals surface area contributed by atoms with Crippen molar-refractivity contribution in [3.8, 4) is 0 Å². The molecule has 1 amide bonds. The first-order valence-corrected chi connectivity index (χ1v) is 7.34. The third kappa shape index (κ3) is 3.17. The lowest BCUT2D eigenvalue weighted by Gasteiger charge is -2.11. The molecule has 1 aliphatic carbocycles. The number of allylic oxidation sites excluding steroid dienone is 3. The number of nitrogens with zero attached hydrogens (tertiary/aromatic N) is 2. The van der Waals surface area contributed by atoms with E-state index in [1.54, 1.807) is 30.5 Å². The fraction of sp³-hybridized carbons (Fsp3) is 0.133. The molecule has 1 unspecified atom stereocenters. The molecule has 0 spiro atoms. The predicted molar refractivity (Wildman–Crippen MR) is 81.5 cm³/mol. The van der Waals surface area contributed by atoms with Crippen LogP contribution in [0.1, 0.15) is 28.4 Å². The van der Waals surface area contributed by atoms with Crippen molar-refractivity contribution in [3.63, 3.8) is 0 Å². The molecule has 2 N–H and O–H groups in total. The number of aliphatic hydroxyl groups excluding tert-OH is 1. The number of thiazole rings is 1. The van der Waals surface area contributed by atoms with E-state index in [4.69, 9.17) is 0 Å². The summed E-state index contributed by atoms with van der Waals surface area (Å²) in [5.41, 5.74) is 1.39. The number of hydrogen-bond acceptors (Lipinski definition) is 5. The molecule has 0 saturated carbocycles. The number of pyridine rings is 1. The van der Waals surface area contributed by atoms with Gasteiger partial charge in [-0.2, -0.15) is 0 Å². The van der Waals surface area contributed by atoms with Crippen LogP contribution in [0.5, 0.6) is 0 Å². The topological polar surface area (TPSA) is 75.1 Å². The largest absolute Gasteiger partial charge is 0.508 e. The normalized spacial score (nSPS) is 17.3. The van der Waals surface area contributed by atoms with Crippen LogP contribution in [0.2, 0.25) is 0 Å². The number of anilines is 1. The van der Waals surface area contributed by atoms with Crippen LogP contribution in [-0.4, -0.2) is 21.0 Å². The van der Waals surface area contributed by atoms with Crippen LogP contribution < -0.4 is 5.32 Å². The summed E-state index contributed by atoms with van der Waals surface area (Å²) in [6.45, 7) is 0. The highest BCUT2D eigenvalue weighted by molar-refractivity contribution is 7.14. The minimum atomic E-state index is -0.222. The molecular weight excluding hydrogens is 286 g/mol. The lowest BCUT2D eigenvalue weighted by atomic mass is 9.97. The van der Waals surface area contributed by atoms with E-state index in [2.05, 4.69) is 15.3 Å². The fourth-order valence-electron chi connectivity index (χ4n) is 2.01. The Morgan fingerprint density at radius 3 is 3.10 bits per heavy atom. The summed E-state index contributed by atoms with van der Waals surface area (Å²) in [6, 6.07) is 3.42. The van der Waals surface area contributed by atoms with Gasteiger partial charge in [-0.15, -0.1) is 11.3 Å². The Morgan fingerprint density at radius 1 is 1.48 bits per heavy atom. The maximum Gasteiger partial charge on any atom is 0.259 e. The van der Waals surface area contributed by atoms with Gasteiger partial charge in [0.25, 0.3) is 5.91 Å². The summed E-state index contributed by atoms with van der Waals surface area (Å²) in [5.74, 6) is 0.202. The zero-order chi connectivity index (χ0) is 14.7. The van der Waals surface area contributed by atoms with Crippen LogP contribution >= 0.6 is 11.3 Å². The number of carbonyl (C=O) groups excluding carboxylic acids is 1. The quantitative estimate of drug-likeness (QED) is 0.912. The third-order valence-corrected chi connectivity index (χ3v) is 3.90. The highest BCUT2D eigenvalue weighted by Crippen LogP contribution is 2.29. The molecule has 2 aromatic heterocycles. The summed E-state index contributed by atoms with van der Waals surface area (Å²) in [7, 11) is 0. The molecule has 1 atom stereocenters. The van der Waals surface area contributed by atoms with Crippen LogP contribution in [0.15, 0.2) is 53.9 Å². The first-order chi connectivity index (χ1) is 10.2. The standard InChI is InChI=1S/C15H13N3O2S/c19-12-5-3-10(4-6-12)13-9-21-15(17-13)18-14(20)11-2-1-7-16-8-11/h1-3,5-10,19H,4H2,(H,17,18,20). The highest BCUT2D eigenvalue weighted by atomic mass is 32.1. The molecule has 0 radical (unpaired) electrons. The molecule has 6 heteroatoms. The molecule has 2 heterocycles. The Kier molecular flexibility index (Phi) is 3.79. The molecule has 3 rings (SSSR count). The van der Waals surface area contributed by atoms with Crippen molar-refractivity contribution in [1.29, 1.82) is 0 Å². The average molecular weight is 299 g/mol. The van der Waals surface area contributed by atoms with Gasteiger partial charge in [-0.25, -0.2) is 4.98 Å². The van der Waals surface area contributed by atoms with E-state index in [0.717, 1.165) is 5.69 Å². The Bertz CT molecular complexity index is 707. The van der Waals surface area contributed by atoms with Crippen LogP contribution in [0.25, 0.3) is 0 Å². The lowest BCUT2D eigenvalue weighted by molar-refractivity contribution is 0.102. The monoisotopic (exact) mass is 299 g/mol. The van der Waals surface area contributed by atoms with Gasteiger partial charge in [0.1, 0.15) is 5.76 Å². The Balaban J connectivity index is 1.69. The Hall–Kier alpha value is -2.47. The molecule has 0 bridgehead atoms. The second-order valence-corrected chi connectivity index (χ2v) is 5.46. The van der Waals surface area contributed by atoms with Crippen molar-refractivity contribution in [2.75, 3.05) is 5.32 Å². The second-order valence-electron chi connectivity index (χ2n) is 4.60. The number of aromatic nitrogens is 2. The summed E-state index contributed by atoms with van der Waals surface area (Å²) in [5, 5.41) is 14.6. The van der Waals surface area contributed by atoms with Gasteiger partial charge >= 0.3 is 0 Å². The van der Waals surface area contributed by atoms with Crippen molar-refractivity contribution >= 4 is 22.4 Å². The fourth-order valence-corrected chi connectivity index (χ4v) is 2.78. The van der Waals surface area contributed by atoms with Gasteiger partial charge in [0.05, 0.1) is 11.3 Å². The van der Waals surface area contributed by atoms with E-state index in [-0.39, 0.29) is 17.6 Å². The maximum atomic E-state index is 12.0. The van der Waals surface area contributed by atoms with Crippen LogP contribution in [0.4, 0.5) is 5.13 Å². The number of hydrogen-bond donors (Lipinski definition) is 2. The van der Waals surface area contributed by atoms with Gasteiger partial charge in [-0.1, -0.05) is 6.08 Å². The summed E-state index contributed by atoms with van der Waals surface area (Å²) >= 11 is 1.39. The zero-order valence-electron chi connectivity index (χ0n) is 11.1. The van der Waals surface area contributed by atoms with Crippen LogP contribution in [0, 0.1) is 0 Å². The zero-order valence-corrected chi connectivity index (χ0v) is 11.9. The molecule has 0 saturated heterocycles. The summed E-state index contributed by atoms with van der Waals surface area (Å²) in [4.78, 5) is 20.3. The van der Waals surface area contributed by atoms with Gasteiger partial charge in [0.15, 0.2) is 5.13 Å². The average Bonchev–Trinajstić information content (AvgIpc) is 2.97. The van der Waals surface area contributed by atoms with E-state index in [0.29, 0.717) is 17.1 Å². The minimum absolute atomic E-state index is 0.140. The van der Waals surface area contributed by atoms with Crippen molar-refractivity contribution < 1.29 is 9.90 Å². The molecule has 1 aliphatic rings. The van der Waals surface area contributed by atoms with Gasteiger partial charge in [0.2, 0.25) is 0 Å². The van der Waals surface area contributed by atoms with E-state index in [1.165, 1.54) is 17.5 Å². The number of amides is 1. The predicted octanol–water partition coefficient (Wildman–Crippen LogP) is 3.28. The molecule has 5 nitrogen and oxygen atoms in total. The van der Waals surface area contributed by atoms with E-state index >= 15 is 0 Å². The number of nitrogens with one attached hydrogen (secondary N) is 1. The Morgan fingerprint density at radius 2 is 2.38 bits per heavy atom. The van der Waals surface area contributed by atoms with Crippen LogP contribution in [-0.2, 0) is 0 Å². The number of aliphatic hydroxyl groups is 1. The maximum absolute atomic E-state index is 12.0. The van der Waals surface area contributed by atoms with Gasteiger partial charge < -0.3 is 5.11 Å². The van der Waals surface area contributed by atoms with Crippen molar-refractivity contribution in [3.05, 3.63) is 65.2 Å². The van der Waals surface area contributed by atoms with Crippen LogP contribution in [0.3, 0.4) is 0 Å².